The second-order valence-electron chi connectivity index (χ2n) is 17.1. The SMILES string of the molecule is CCCC[SiH]1O[SiH](CCCC)O[SiH](CCCC)O[SiH](CCCC)O[SiH](CCCC)O[SiH](CCCC)O[SiH](CCCC)O[SiH](CCCC)O[SiH](CCCC)O[SiH](CCCC)O1. The summed E-state index contributed by atoms with van der Waals surface area (Å²) in [6, 6.07) is 10.1. The number of hydrogen-bond acceptors (Lipinski definition) is 10. The van der Waals surface area contributed by atoms with E-state index >= 15 is 0 Å². The van der Waals surface area contributed by atoms with Gasteiger partial charge >= 0.3 is 92.8 Å². The van der Waals surface area contributed by atoms with Crippen LogP contribution in [0, 0.1) is 0 Å². The molecule has 1 aliphatic heterocycles. The predicted octanol–water partition coefficient (Wildman–Crippen LogP) is 10.4. The Morgan fingerprint density at radius 2 is 0.250 bits per heavy atom. The molecule has 0 aromatic heterocycles. The molecule has 0 unspecified atom stereocenters. The summed E-state index contributed by atoms with van der Waals surface area (Å²) < 4.78 is 73.0. The molecule has 0 aliphatic carbocycles. The van der Waals surface area contributed by atoms with Gasteiger partial charge in [0.15, 0.2) is 0 Å². The molecule has 0 amide bonds. The van der Waals surface area contributed by atoms with Gasteiger partial charge in [-0.2, -0.15) is 0 Å². The van der Waals surface area contributed by atoms with Crippen LogP contribution in [-0.4, -0.2) is 92.8 Å². The zero-order chi connectivity index (χ0) is 44.1. The Labute approximate surface area is 389 Å². The topological polar surface area (TPSA) is 92.3 Å². The van der Waals surface area contributed by atoms with Crippen LogP contribution in [0.2, 0.25) is 60.4 Å². The van der Waals surface area contributed by atoms with Crippen molar-refractivity contribution < 1.29 is 41.2 Å². The Morgan fingerprint density at radius 1 is 0.167 bits per heavy atom. The Hall–Kier alpha value is 1.77. The molecule has 0 spiro atoms. The van der Waals surface area contributed by atoms with E-state index in [4.69, 9.17) is 41.2 Å². The molecule has 10 nitrogen and oxygen atoms in total. The third kappa shape index (κ3) is 30.9. The average molecular weight is 1020 g/mol. The van der Waals surface area contributed by atoms with Crippen LogP contribution in [0.25, 0.3) is 0 Å². The summed E-state index contributed by atoms with van der Waals surface area (Å²) in [5.41, 5.74) is 0. The summed E-state index contributed by atoms with van der Waals surface area (Å²) in [6.07, 6.45) is 22.6. The highest BCUT2D eigenvalue weighted by atomic mass is 28.5. The minimum absolute atomic E-state index is 1.01. The lowest BCUT2D eigenvalue weighted by molar-refractivity contribution is 0.278. The molecule has 0 aromatic rings. The van der Waals surface area contributed by atoms with Crippen molar-refractivity contribution in [2.75, 3.05) is 0 Å². The van der Waals surface area contributed by atoms with Crippen molar-refractivity contribution in [3.05, 3.63) is 0 Å². The van der Waals surface area contributed by atoms with Crippen molar-refractivity contribution in [3.63, 3.8) is 0 Å². The van der Waals surface area contributed by atoms with Gasteiger partial charge in [-0.05, 0) is 60.4 Å². The molecule has 0 aromatic carbocycles. The maximum atomic E-state index is 7.30. The number of rotatable bonds is 30. The quantitative estimate of drug-likeness (QED) is 0.0648. The van der Waals surface area contributed by atoms with Gasteiger partial charge in [0.2, 0.25) is 0 Å². The standard InChI is InChI=1S/C40H100O10Si10/c1-11-21-31-51-41-52(32-22-12-2)43-54(34-24-14-4)45-56(36-26-16-6)47-58(38-28-18-8)49-60(40-30-20-10)50-59(39-29-19-9)48-57(37-27-17-7)46-55(35-25-15-5)44-53(42-51)33-23-13-3/h51-60H,11-40H2,1-10H3. The van der Waals surface area contributed by atoms with Crippen molar-refractivity contribution in [3.8, 4) is 0 Å². The van der Waals surface area contributed by atoms with E-state index in [2.05, 4.69) is 69.2 Å². The van der Waals surface area contributed by atoms with Crippen LogP contribution in [0.5, 0.6) is 0 Å². The van der Waals surface area contributed by atoms with E-state index in [0.717, 1.165) is 189 Å². The van der Waals surface area contributed by atoms with Gasteiger partial charge in [-0.25, -0.2) is 0 Å². The van der Waals surface area contributed by atoms with Crippen LogP contribution >= 0.6 is 0 Å². The minimum atomic E-state index is -2.07. The highest BCUT2D eigenvalue weighted by Crippen LogP contribution is 2.23. The van der Waals surface area contributed by atoms with E-state index in [9.17, 15) is 0 Å². The Balaban J connectivity index is 3.90. The minimum Gasteiger partial charge on any atom is -0.420 e. The number of hydrogen-bond donors (Lipinski definition) is 0. The first-order valence-corrected chi connectivity index (χ1v) is 43.5. The van der Waals surface area contributed by atoms with Crippen molar-refractivity contribution in [1.82, 2.24) is 0 Å². The molecule has 1 aliphatic rings. The monoisotopic (exact) mass is 1020 g/mol. The Bertz CT molecular complexity index is 681. The van der Waals surface area contributed by atoms with Gasteiger partial charge in [0.1, 0.15) is 0 Å². The molecule has 1 saturated heterocycles. The lowest BCUT2D eigenvalue weighted by Gasteiger charge is -2.34. The molecule has 0 bridgehead atoms. The zero-order valence-electron chi connectivity index (χ0n) is 41.1. The van der Waals surface area contributed by atoms with Gasteiger partial charge in [0.25, 0.3) is 0 Å². The Morgan fingerprint density at radius 3 is 0.317 bits per heavy atom. The molecule has 0 radical (unpaired) electrons. The van der Waals surface area contributed by atoms with Gasteiger partial charge in [-0.15, -0.1) is 0 Å². The lowest BCUT2D eigenvalue weighted by Crippen LogP contribution is -2.48. The summed E-state index contributed by atoms with van der Waals surface area (Å²) in [5.74, 6) is 0. The largest absolute Gasteiger partial charge is 0.420 e. The fourth-order valence-electron chi connectivity index (χ4n) is 7.08. The van der Waals surface area contributed by atoms with Crippen LogP contribution in [0.1, 0.15) is 198 Å². The zero-order valence-corrected chi connectivity index (χ0v) is 52.6. The van der Waals surface area contributed by atoms with Crippen molar-refractivity contribution >= 4 is 92.8 Å². The third-order valence-corrected chi connectivity index (χ3v) is 44.1. The third-order valence-electron chi connectivity index (χ3n) is 11.0. The van der Waals surface area contributed by atoms with Gasteiger partial charge in [0.05, 0.1) is 0 Å². The van der Waals surface area contributed by atoms with E-state index in [1.807, 2.05) is 0 Å². The summed E-state index contributed by atoms with van der Waals surface area (Å²) in [7, 11) is -20.7. The first-order chi connectivity index (χ1) is 29.3. The van der Waals surface area contributed by atoms with Crippen molar-refractivity contribution in [2.45, 2.75) is 258 Å². The summed E-state index contributed by atoms with van der Waals surface area (Å²) in [6.45, 7) is 22.8. The molecule has 0 atom stereocenters. The number of unbranched alkanes of at least 4 members (excludes halogenated alkanes) is 10. The lowest BCUT2D eigenvalue weighted by atomic mass is 10.4. The van der Waals surface area contributed by atoms with Gasteiger partial charge in [0, 0.05) is 0 Å². The summed E-state index contributed by atoms with van der Waals surface area (Å²) in [5, 5.41) is 0. The molecule has 1 rings (SSSR count). The fraction of sp³-hybridized carbons (Fsp3) is 1.00. The maximum absolute atomic E-state index is 7.30. The van der Waals surface area contributed by atoms with E-state index in [-0.39, 0.29) is 0 Å². The molecule has 0 saturated carbocycles. The molecule has 60 heavy (non-hydrogen) atoms. The van der Waals surface area contributed by atoms with Crippen LogP contribution in [0.3, 0.4) is 0 Å². The second kappa shape index (κ2) is 42.1. The van der Waals surface area contributed by atoms with E-state index in [0.29, 0.717) is 0 Å². The molecule has 20 heteroatoms. The fourth-order valence-corrected chi connectivity index (χ4v) is 47.3. The van der Waals surface area contributed by atoms with Gasteiger partial charge in [-0.1, -0.05) is 198 Å². The smallest absolute Gasteiger partial charge is 0.303 e. The van der Waals surface area contributed by atoms with Crippen LogP contribution in [0.4, 0.5) is 0 Å². The van der Waals surface area contributed by atoms with Gasteiger partial charge < -0.3 is 41.2 Å². The molecule has 0 N–H and O–H groups in total. The molecule has 1 fully saturated rings. The predicted molar refractivity (Wildman–Crippen MR) is 279 cm³/mol. The van der Waals surface area contributed by atoms with E-state index in [1.54, 1.807) is 0 Å². The van der Waals surface area contributed by atoms with Crippen LogP contribution < -0.4 is 0 Å². The Kier molecular flexibility index (Phi) is 42.0. The summed E-state index contributed by atoms with van der Waals surface area (Å²) >= 11 is 0. The second-order valence-corrected chi connectivity index (χ2v) is 42.3. The maximum Gasteiger partial charge on any atom is 0.303 e. The van der Waals surface area contributed by atoms with E-state index in [1.165, 1.54) is 0 Å². The van der Waals surface area contributed by atoms with Crippen LogP contribution in [-0.2, 0) is 41.2 Å². The van der Waals surface area contributed by atoms with Crippen LogP contribution in [0.15, 0.2) is 0 Å². The molecular weight excluding hydrogens is 921 g/mol. The van der Waals surface area contributed by atoms with E-state index < -0.39 is 92.8 Å². The van der Waals surface area contributed by atoms with Gasteiger partial charge in [-0.3, -0.25) is 0 Å². The average Bonchev–Trinajstić information content (AvgIpc) is 3.25. The molecule has 360 valence electrons. The van der Waals surface area contributed by atoms with Crippen molar-refractivity contribution in [1.29, 1.82) is 0 Å². The summed E-state index contributed by atoms with van der Waals surface area (Å²) in [4.78, 5) is 0. The molecular formula is C40H100O10Si10. The first kappa shape index (κ1) is 59.8. The highest BCUT2D eigenvalue weighted by Gasteiger charge is 2.36. The normalized spacial score (nSPS) is 28.5. The highest BCUT2D eigenvalue weighted by molar-refractivity contribution is 6.75. The van der Waals surface area contributed by atoms with Crippen molar-refractivity contribution in [2.24, 2.45) is 0 Å². The molecule has 1 heterocycles. The first-order valence-electron chi connectivity index (χ1n) is 25.9.